The molecular formula is C17H25N3O5S2. The Morgan fingerprint density at radius 2 is 1.59 bits per heavy atom. The van der Waals surface area contributed by atoms with Crippen molar-refractivity contribution >= 4 is 20.0 Å². The molecule has 0 unspecified atom stereocenters. The lowest BCUT2D eigenvalue weighted by molar-refractivity contribution is 0.272. The summed E-state index contributed by atoms with van der Waals surface area (Å²) in [7, 11) is -7.09. The van der Waals surface area contributed by atoms with Crippen LogP contribution in [-0.4, -0.2) is 64.0 Å². The van der Waals surface area contributed by atoms with Gasteiger partial charge in [0, 0.05) is 32.6 Å². The zero-order valence-corrected chi connectivity index (χ0v) is 17.0. The molecule has 0 aromatic heterocycles. The third-order valence-corrected chi connectivity index (χ3v) is 8.17. The van der Waals surface area contributed by atoms with E-state index in [1.165, 1.54) is 20.7 Å². The van der Waals surface area contributed by atoms with E-state index in [2.05, 4.69) is 0 Å². The predicted octanol–water partition coefficient (Wildman–Crippen LogP) is 1.42. The number of nitriles is 1. The van der Waals surface area contributed by atoms with Crippen LogP contribution >= 0.6 is 0 Å². The van der Waals surface area contributed by atoms with Crippen molar-refractivity contribution in [2.24, 2.45) is 0 Å². The fraction of sp³-hybridized carbons (Fsp3) is 0.588. The highest BCUT2D eigenvalue weighted by molar-refractivity contribution is 7.89. The van der Waals surface area contributed by atoms with Gasteiger partial charge < -0.3 is 4.74 Å². The number of sulfonamides is 2. The van der Waals surface area contributed by atoms with Crippen molar-refractivity contribution < 1.29 is 21.6 Å². The quantitative estimate of drug-likeness (QED) is 0.565. The van der Waals surface area contributed by atoms with Crippen molar-refractivity contribution in [1.82, 2.24) is 8.61 Å². The first-order valence-corrected chi connectivity index (χ1v) is 11.9. The van der Waals surface area contributed by atoms with Gasteiger partial charge in [-0.05, 0) is 44.0 Å². The molecule has 1 aromatic rings. The first kappa shape index (κ1) is 21.6. The van der Waals surface area contributed by atoms with Crippen LogP contribution in [0.2, 0.25) is 0 Å². The second-order valence-corrected chi connectivity index (χ2v) is 10.2. The summed E-state index contributed by atoms with van der Waals surface area (Å²) in [5, 5.41) is 8.51. The van der Waals surface area contributed by atoms with Gasteiger partial charge in [0.25, 0.3) is 0 Å². The molecule has 1 saturated heterocycles. The van der Waals surface area contributed by atoms with Gasteiger partial charge in [-0.1, -0.05) is 0 Å². The maximum Gasteiger partial charge on any atom is 0.243 e. The van der Waals surface area contributed by atoms with Crippen molar-refractivity contribution in [3.8, 4) is 11.8 Å². The van der Waals surface area contributed by atoms with E-state index in [0.717, 1.165) is 0 Å². The second-order valence-electron chi connectivity index (χ2n) is 6.14. The molecule has 1 aromatic carbocycles. The summed E-state index contributed by atoms with van der Waals surface area (Å²) in [5.74, 6) is 0.587. The summed E-state index contributed by atoms with van der Waals surface area (Å²) in [4.78, 5) is 0.166. The van der Waals surface area contributed by atoms with Crippen molar-refractivity contribution in [2.45, 2.75) is 31.1 Å². The Labute approximate surface area is 161 Å². The van der Waals surface area contributed by atoms with Crippen molar-refractivity contribution in [1.29, 1.82) is 5.26 Å². The second kappa shape index (κ2) is 9.50. The molecule has 0 saturated carbocycles. The molecule has 0 atom stereocenters. The average molecular weight is 416 g/mol. The van der Waals surface area contributed by atoms with Crippen LogP contribution in [0.3, 0.4) is 0 Å². The standard InChI is InChI=1S/C17H25N3O5S2/c1-2-25-16-6-8-17(9-7-16)27(23,24)20-13-11-19(12-14-20)26(21,22)15-5-3-4-10-18/h6-9H,2-5,11-15H2,1H3. The number of ether oxygens (including phenoxy) is 1. The molecule has 10 heteroatoms. The monoisotopic (exact) mass is 415 g/mol. The maximum absolute atomic E-state index is 12.7. The minimum atomic E-state index is -3.67. The molecule has 27 heavy (non-hydrogen) atoms. The zero-order chi connectivity index (χ0) is 19.9. The summed E-state index contributed by atoms with van der Waals surface area (Å²) in [6, 6.07) is 8.21. The van der Waals surface area contributed by atoms with E-state index in [-0.39, 0.29) is 36.8 Å². The topological polar surface area (TPSA) is 108 Å². The number of unbranched alkanes of at least 4 members (excludes halogenated alkanes) is 2. The van der Waals surface area contributed by atoms with Crippen LogP contribution in [0.15, 0.2) is 29.2 Å². The first-order valence-electron chi connectivity index (χ1n) is 8.89. The van der Waals surface area contributed by atoms with E-state index in [1.807, 2.05) is 13.0 Å². The van der Waals surface area contributed by atoms with Crippen LogP contribution < -0.4 is 4.74 Å². The number of hydrogen-bond acceptors (Lipinski definition) is 6. The average Bonchev–Trinajstić information content (AvgIpc) is 2.66. The Balaban J connectivity index is 1.96. The van der Waals surface area contributed by atoms with Crippen LogP contribution in [0, 0.1) is 11.3 Å². The smallest absolute Gasteiger partial charge is 0.243 e. The summed E-state index contributed by atoms with van der Waals surface area (Å²) in [6.45, 7) is 2.86. The molecule has 0 radical (unpaired) electrons. The maximum atomic E-state index is 12.7. The Hall–Kier alpha value is -1.67. The highest BCUT2D eigenvalue weighted by atomic mass is 32.2. The molecule has 1 heterocycles. The summed E-state index contributed by atoms with van der Waals surface area (Å²) < 4.78 is 58.1. The summed E-state index contributed by atoms with van der Waals surface area (Å²) in [5.41, 5.74) is 0. The van der Waals surface area contributed by atoms with Gasteiger partial charge >= 0.3 is 0 Å². The van der Waals surface area contributed by atoms with E-state index in [4.69, 9.17) is 10.00 Å². The molecule has 8 nitrogen and oxygen atoms in total. The molecule has 150 valence electrons. The summed E-state index contributed by atoms with van der Waals surface area (Å²) in [6.07, 6.45) is 1.31. The number of piperazine rings is 1. The highest BCUT2D eigenvalue weighted by Crippen LogP contribution is 2.21. The third kappa shape index (κ3) is 5.65. The first-order chi connectivity index (χ1) is 12.8. The molecule has 0 amide bonds. The Bertz CT molecular complexity index is 853. The van der Waals surface area contributed by atoms with Crippen molar-refractivity contribution in [3.63, 3.8) is 0 Å². The highest BCUT2D eigenvalue weighted by Gasteiger charge is 2.32. The normalized spacial score (nSPS) is 16.7. The van der Waals surface area contributed by atoms with Crippen molar-refractivity contribution in [2.75, 3.05) is 38.5 Å². The fourth-order valence-electron chi connectivity index (χ4n) is 2.83. The van der Waals surface area contributed by atoms with Gasteiger partial charge in [0.05, 0.1) is 23.3 Å². The Morgan fingerprint density at radius 3 is 2.15 bits per heavy atom. The van der Waals surface area contributed by atoms with E-state index >= 15 is 0 Å². The van der Waals surface area contributed by atoms with Crippen LogP contribution in [0.1, 0.15) is 26.2 Å². The van der Waals surface area contributed by atoms with E-state index in [9.17, 15) is 16.8 Å². The Kier molecular flexibility index (Phi) is 7.61. The lowest BCUT2D eigenvalue weighted by atomic mass is 10.3. The van der Waals surface area contributed by atoms with Gasteiger partial charge in [-0.2, -0.15) is 13.9 Å². The minimum absolute atomic E-state index is 0.0136. The Morgan fingerprint density at radius 1 is 1.00 bits per heavy atom. The number of benzene rings is 1. The predicted molar refractivity (Wildman–Crippen MR) is 101 cm³/mol. The molecule has 0 bridgehead atoms. The molecule has 1 aliphatic rings. The van der Waals surface area contributed by atoms with Gasteiger partial charge in [0.1, 0.15) is 5.75 Å². The number of nitrogens with zero attached hydrogens (tertiary/aromatic N) is 3. The van der Waals surface area contributed by atoms with E-state index in [1.54, 1.807) is 12.1 Å². The van der Waals surface area contributed by atoms with Gasteiger partial charge in [0.15, 0.2) is 0 Å². The molecule has 1 fully saturated rings. The zero-order valence-electron chi connectivity index (χ0n) is 15.4. The molecular weight excluding hydrogens is 390 g/mol. The van der Waals surface area contributed by atoms with Crippen molar-refractivity contribution in [3.05, 3.63) is 24.3 Å². The van der Waals surface area contributed by atoms with Gasteiger partial charge in [-0.15, -0.1) is 0 Å². The largest absolute Gasteiger partial charge is 0.494 e. The minimum Gasteiger partial charge on any atom is -0.494 e. The third-order valence-electron chi connectivity index (χ3n) is 4.30. The molecule has 0 aliphatic carbocycles. The number of rotatable bonds is 9. The van der Waals surface area contributed by atoms with Crippen LogP contribution in [0.25, 0.3) is 0 Å². The number of hydrogen-bond donors (Lipinski definition) is 0. The molecule has 0 N–H and O–H groups in total. The molecule has 1 aliphatic heterocycles. The SMILES string of the molecule is CCOc1ccc(S(=O)(=O)N2CCN(S(=O)(=O)CCCCC#N)CC2)cc1. The van der Waals surface area contributed by atoms with E-state index in [0.29, 0.717) is 31.6 Å². The van der Waals surface area contributed by atoms with Crippen LogP contribution in [0.4, 0.5) is 0 Å². The van der Waals surface area contributed by atoms with Crippen LogP contribution in [0.5, 0.6) is 5.75 Å². The van der Waals surface area contributed by atoms with Gasteiger partial charge in [-0.3, -0.25) is 0 Å². The fourth-order valence-corrected chi connectivity index (χ4v) is 5.80. The summed E-state index contributed by atoms with van der Waals surface area (Å²) >= 11 is 0. The van der Waals surface area contributed by atoms with E-state index < -0.39 is 20.0 Å². The van der Waals surface area contributed by atoms with Crippen LogP contribution in [-0.2, 0) is 20.0 Å². The van der Waals surface area contributed by atoms with Gasteiger partial charge in [-0.25, -0.2) is 16.8 Å². The lowest BCUT2D eigenvalue weighted by Gasteiger charge is -2.33. The molecule has 0 spiro atoms. The van der Waals surface area contributed by atoms with Gasteiger partial charge in [0.2, 0.25) is 20.0 Å². The lowest BCUT2D eigenvalue weighted by Crippen LogP contribution is -2.50. The molecule has 2 rings (SSSR count).